The molecule has 1 saturated heterocycles. The number of H-pyrrole nitrogens is 1. The summed E-state index contributed by atoms with van der Waals surface area (Å²) >= 11 is 0. The van der Waals surface area contributed by atoms with Crippen molar-refractivity contribution in [2.45, 2.75) is 50.9 Å². The first-order valence-corrected chi connectivity index (χ1v) is 9.76. The number of likely N-dealkylation sites (tertiary alicyclic amines) is 1. The standard InChI is InChI=1S/C20H28N4O/c25-20-21-19(22-24(20)18-11-5-2-6-12-18)17-10-7-13-23(15-17)14-16-8-3-1-4-9-16/h2,5-6,11-12,16-17H,1,3-4,7-10,13-15H2,(H,21,22,25). The minimum atomic E-state index is -0.134. The minimum absolute atomic E-state index is 0.134. The van der Waals surface area contributed by atoms with E-state index in [1.165, 1.54) is 56.3 Å². The third-order valence-corrected chi connectivity index (χ3v) is 5.77. The maximum Gasteiger partial charge on any atom is 0.348 e. The van der Waals surface area contributed by atoms with Crippen molar-refractivity contribution >= 4 is 0 Å². The predicted molar refractivity (Wildman–Crippen MR) is 99.2 cm³/mol. The zero-order valence-electron chi connectivity index (χ0n) is 14.9. The van der Waals surface area contributed by atoms with Crippen LogP contribution in [0, 0.1) is 5.92 Å². The first-order valence-electron chi connectivity index (χ1n) is 9.76. The van der Waals surface area contributed by atoms with E-state index in [-0.39, 0.29) is 5.69 Å². The molecule has 5 heteroatoms. The van der Waals surface area contributed by atoms with Crippen molar-refractivity contribution in [1.29, 1.82) is 0 Å². The molecule has 134 valence electrons. The molecule has 0 spiro atoms. The zero-order chi connectivity index (χ0) is 17.1. The van der Waals surface area contributed by atoms with Crippen molar-refractivity contribution in [1.82, 2.24) is 19.7 Å². The van der Waals surface area contributed by atoms with E-state index in [0.29, 0.717) is 5.92 Å². The Balaban J connectivity index is 1.45. The van der Waals surface area contributed by atoms with E-state index in [9.17, 15) is 4.79 Å². The van der Waals surface area contributed by atoms with E-state index in [2.05, 4.69) is 15.0 Å². The van der Waals surface area contributed by atoms with Crippen LogP contribution in [0.2, 0.25) is 0 Å². The second kappa shape index (κ2) is 7.56. The van der Waals surface area contributed by atoms with Gasteiger partial charge in [-0.05, 0) is 50.3 Å². The monoisotopic (exact) mass is 340 g/mol. The summed E-state index contributed by atoms with van der Waals surface area (Å²) < 4.78 is 1.50. The number of aromatic amines is 1. The van der Waals surface area contributed by atoms with Crippen LogP contribution in [0.3, 0.4) is 0 Å². The fourth-order valence-electron chi connectivity index (χ4n) is 4.45. The minimum Gasteiger partial charge on any atom is -0.302 e. The molecule has 25 heavy (non-hydrogen) atoms. The van der Waals surface area contributed by atoms with Crippen molar-refractivity contribution in [3.05, 3.63) is 46.6 Å². The van der Waals surface area contributed by atoms with Crippen LogP contribution in [0.15, 0.2) is 35.1 Å². The van der Waals surface area contributed by atoms with E-state index in [4.69, 9.17) is 0 Å². The lowest BCUT2D eigenvalue weighted by atomic mass is 9.88. The molecule has 1 aliphatic carbocycles. The smallest absolute Gasteiger partial charge is 0.302 e. The summed E-state index contributed by atoms with van der Waals surface area (Å²) in [6.07, 6.45) is 9.30. The van der Waals surface area contributed by atoms with Crippen LogP contribution < -0.4 is 5.69 Å². The molecule has 1 aliphatic heterocycles. The number of piperidine rings is 1. The maximum atomic E-state index is 12.3. The summed E-state index contributed by atoms with van der Waals surface area (Å²) in [5, 5.41) is 4.61. The van der Waals surface area contributed by atoms with Gasteiger partial charge in [0, 0.05) is 19.0 Å². The molecule has 2 fully saturated rings. The average Bonchev–Trinajstić information content (AvgIpc) is 3.05. The molecule has 1 atom stereocenters. The summed E-state index contributed by atoms with van der Waals surface area (Å²) in [6.45, 7) is 3.44. The molecule has 1 saturated carbocycles. The molecule has 1 N–H and O–H groups in total. The van der Waals surface area contributed by atoms with E-state index in [1.807, 2.05) is 30.3 Å². The van der Waals surface area contributed by atoms with Crippen LogP contribution >= 0.6 is 0 Å². The Morgan fingerprint density at radius 2 is 1.84 bits per heavy atom. The van der Waals surface area contributed by atoms with Gasteiger partial charge in [-0.3, -0.25) is 4.98 Å². The number of nitrogens with zero attached hydrogens (tertiary/aromatic N) is 3. The second-order valence-electron chi connectivity index (χ2n) is 7.67. The van der Waals surface area contributed by atoms with Crippen LogP contribution in [0.4, 0.5) is 0 Å². The first kappa shape index (κ1) is 16.6. The van der Waals surface area contributed by atoms with Crippen molar-refractivity contribution in [2.24, 2.45) is 5.92 Å². The first-order chi connectivity index (χ1) is 12.3. The summed E-state index contributed by atoms with van der Waals surface area (Å²) in [5.74, 6) is 2.06. The third-order valence-electron chi connectivity index (χ3n) is 5.77. The highest BCUT2D eigenvalue weighted by atomic mass is 16.1. The molecule has 2 heterocycles. The molecule has 5 nitrogen and oxygen atoms in total. The Hall–Kier alpha value is -1.88. The van der Waals surface area contributed by atoms with E-state index < -0.39 is 0 Å². The Morgan fingerprint density at radius 3 is 2.64 bits per heavy atom. The fraction of sp³-hybridized carbons (Fsp3) is 0.600. The van der Waals surface area contributed by atoms with Gasteiger partial charge in [-0.2, -0.15) is 4.68 Å². The van der Waals surface area contributed by atoms with Crippen molar-refractivity contribution < 1.29 is 0 Å². The molecule has 0 radical (unpaired) electrons. The predicted octanol–water partition coefficient (Wildman–Crippen LogP) is 3.32. The number of hydrogen-bond donors (Lipinski definition) is 1. The molecule has 1 aromatic carbocycles. The molecule has 1 unspecified atom stereocenters. The molecule has 0 bridgehead atoms. The summed E-state index contributed by atoms with van der Waals surface area (Å²) in [4.78, 5) is 17.9. The van der Waals surface area contributed by atoms with Gasteiger partial charge in [0.1, 0.15) is 5.82 Å². The summed E-state index contributed by atoms with van der Waals surface area (Å²) in [5.41, 5.74) is 0.690. The van der Waals surface area contributed by atoms with Gasteiger partial charge >= 0.3 is 5.69 Å². The number of benzene rings is 1. The van der Waals surface area contributed by atoms with Gasteiger partial charge in [0.25, 0.3) is 0 Å². The van der Waals surface area contributed by atoms with Crippen LogP contribution in [0.5, 0.6) is 0 Å². The van der Waals surface area contributed by atoms with Crippen LogP contribution in [0.1, 0.15) is 56.7 Å². The summed E-state index contributed by atoms with van der Waals surface area (Å²) in [7, 11) is 0. The quantitative estimate of drug-likeness (QED) is 0.929. The third kappa shape index (κ3) is 3.87. The topological polar surface area (TPSA) is 53.9 Å². The molecular weight excluding hydrogens is 312 g/mol. The number of hydrogen-bond acceptors (Lipinski definition) is 3. The SMILES string of the molecule is O=c1[nH]c(C2CCCN(CC3CCCCC3)C2)nn1-c1ccccc1. The van der Waals surface area contributed by atoms with Gasteiger partial charge in [-0.1, -0.05) is 37.5 Å². The Kier molecular flexibility index (Phi) is 5.02. The summed E-state index contributed by atoms with van der Waals surface area (Å²) in [6, 6.07) is 9.65. The van der Waals surface area contributed by atoms with Crippen LogP contribution in [-0.2, 0) is 0 Å². The number of nitrogens with one attached hydrogen (secondary N) is 1. The average molecular weight is 340 g/mol. The highest BCUT2D eigenvalue weighted by Crippen LogP contribution is 2.28. The van der Waals surface area contributed by atoms with Gasteiger partial charge < -0.3 is 4.90 Å². The van der Waals surface area contributed by atoms with Crippen molar-refractivity contribution in [3.63, 3.8) is 0 Å². The fourth-order valence-corrected chi connectivity index (χ4v) is 4.45. The van der Waals surface area contributed by atoms with E-state index >= 15 is 0 Å². The van der Waals surface area contributed by atoms with Crippen LogP contribution in [0.25, 0.3) is 5.69 Å². The normalized spacial score (nSPS) is 23.0. The molecule has 2 aromatic rings. The largest absolute Gasteiger partial charge is 0.348 e. The van der Waals surface area contributed by atoms with Gasteiger partial charge in [0.15, 0.2) is 0 Å². The second-order valence-corrected chi connectivity index (χ2v) is 7.67. The Bertz CT molecular complexity index is 730. The molecular formula is C20H28N4O. The number of para-hydroxylation sites is 1. The molecule has 1 aromatic heterocycles. The lowest BCUT2D eigenvalue weighted by Crippen LogP contribution is -2.38. The Morgan fingerprint density at radius 1 is 1.04 bits per heavy atom. The Labute approximate surface area is 149 Å². The number of rotatable bonds is 4. The van der Waals surface area contributed by atoms with Crippen molar-refractivity contribution in [2.75, 3.05) is 19.6 Å². The van der Waals surface area contributed by atoms with Gasteiger partial charge in [-0.15, -0.1) is 5.10 Å². The molecule has 4 rings (SSSR count). The van der Waals surface area contributed by atoms with Gasteiger partial charge in [-0.25, -0.2) is 4.79 Å². The van der Waals surface area contributed by atoms with Gasteiger partial charge in [0.2, 0.25) is 0 Å². The lowest BCUT2D eigenvalue weighted by Gasteiger charge is -2.35. The molecule has 2 aliphatic rings. The molecule has 0 amide bonds. The van der Waals surface area contributed by atoms with Crippen molar-refractivity contribution in [3.8, 4) is 5.69 Å². The maximum absolute atomic E-state index is 12.3. The van der Waals surface area contributed by atoms with E-state index in [0.717, 1.165) is 30.4 Å². The lowest BCUT2D eigenvalue weighted by molar-refractivity contribution is 0.158. The number of aromatic nitrogens is 3. The van der Waals surface area contributed by atoms with E-state index in [1.54, 1.807) is 0 Å². The van der Waals surface area contributed by atoms with Gasteiger partial charge in [0.05, 0.1) is 5.69 Å². The highest BCUT2D eigenvalue weighted by Gasteiger charge is 2.26. The van der Waals surface area contributed by atoms with Crippen LogP contribution in [-0.4, -0.2) is 39.3 Å². The zero-order valence-corrected chi connectivity index (χ0v) is 14.9. The highest BCUT2D eigenvalue weighted by molar-refractivity contribution is 5.29.